The smallest absolute Gasteiger partial charge is 0.407 e. The minimum atomic E-state index is -0.428. The first-order valence-corrected chi connectivity index (χ1v) is 9.14. The molecular weight excluding hydrogens is 276 g/mol. The molecule has 0 spiro atoms. The van der Waals surface area contributed by atoms with Crippen molar-refractivity contribution in [1.82, 2.24) is 10.6 Å². The molecule has 0 aromatic carbocycles. The number of alkyl carbamates (subject to hydrolysis) is 1. The summed E-state index contributed by atoms with van der Waals surface area (Å²) in [5.74, 6) is 0.802. The third-order valence-corrected chi connectivity index (χ3v) is 5.08. The van der Waals surface area contributed by atoms with Crippen LogP contribution in [0, 0.1) is 5.92 Å². The Kier molecular flexibility index (Phi) is 6.13. The van der Waals surface area contributed by atoms with Gasteiger partial charge in [0.15, 0.2) is 0 Å². The van der Waals surface area contributed by atoms with E-state index in [2.05, 4.69) is 17.6 Å². The fourth-order valence-corrected chi connectivity index (χ4v) is 3.98. The van der Waals surface area contributed by atoms with Crippen LogP contribution in [0.4, 0.5) is 4.79 Å². The first kappa shape index (κ1) is 17.6. The van der Waals surface area contributed by atoms with Gasteiger partial charge >= 0.3 is 6.09 Å². The zero-order chi connectivity index (χ0) is 16.2. The summed E-state index contributed by atoms with van der Waals surface area (Å²) in [4.78, 5) is 12.0. The summed E-state index contributed by atoms with van der Waals surface area (Å²) in [7, 11) is 0. The molecule has 4 atom stereocenters. The van der Waals surface area contributed by atoms with Gasteiger partial charge in [0.25, 0.3) is 0 Å². The van der Waals surface area contributed by atoms with E-state index in [-0.39, 0.29) is 12.1 Å². The number of amides is 1. The van der Waals surface area contributed by atoms with Crippen LogP contribution in [-0.4, -0.2) is 29.8 Å². The van der Waals surface area contributed by atoms with Crippen molar-refractivity contribution in [2.75, 3.05) is 0 Å². The van der Waals surface area contributed by atoms with Crippen molar-refractivity contribution in [2.45, 2.75) is 103 Å². The Bertz CT molecular complexity index is 365. The highest BCUT2D eigenvalue weighted by molar-refractivity contribution is 5.68. The Hall–Kier alpha value is -0.770. The van der Waals surface area contributed by atoms with E-state index in [1.807, 2.05) is 20.8 Å². The molecule has 128 valence electrons. The van der Waals surface area contributed by atoms with Crippen molar-refractivity contribution >= 4 is 6.09 Å². The first-order valence-electron chi connectivity index (χ1n) is 9.14. The maximum Gasteiger partial charge on any atom is 0.407 e. The summed E-state index contributed by atoms with van der Waals surface area (Å²) in [6.07, 6.45) is 9.73. The Balaban J connectivity index is 1.86. The summed E-state index contributed by atoms with van der Waals surface area (Å²) in [5, 5.41) is 6.95. The largest absolute Gasteiger partial charge is 0.444 e. The van der Waals surface area contributed by atoms with Gasteiger partial charge in [-0.15, -0.1) is 0 Å². The molecule has 2 saturated carbocycles. The van der Waals surface area contributed by atoms with Gasteiger partial charge in [-0.1, -0.05) is 26.2 Å². The van der Waals surface area contributed by atoms with Gasteiger partial charge in [0.2, 0.25) is 0 Å². The first-order chi connectivity index (χ1) is 10.4. The van der Waals surface area contributed by atoms with Gasteiger partial charge in [-0.3, -0.25) is 0 Å². The van der Waals surface area contributed by atoms with Crippen LogP contribution in [0.2, 0.25) is 0 Å². The number of ether oxygens (including phenoxy) is 1. The van der Waals surface area contributed by atoms with Crippen molar-refractivity contribution in [3.63, 3.8) is 0 Å². The Morgan fingerprint density at radius 1 is 1.00 bits per heavy atom. The Morgan fingerprint density at radius 2 is 1.64 bits per heavy atom. The molecule has 2 aliphatic carbocycles. The standard InChI is InChI=1S/C18H34N2O2/c1-5-13-9-6-7-10-14(13)19-15-11-8-12-16(15)20-17(21)22-18(2,3)4/h13-16,19H,5-12H2,1-4H3,(H,20,21). The van der Waals surface area contributed by atoms with E-state index in [9.17, 15) is 4.79 Å². The van der Waals surface area contributed by atoms with Crippen molar-refractivity contribution in [1.29, 1.82) is 0 Å². The molecule has 2 aliphatic rings. The van der Waals surface area contributed by atoms with Crippen molar-refractivity contribution < 1.29 is 9.53 Å². The molecule has 0 saturated heterocycles. The van der Waals surface area contributed by atoms with E-state index in [4.69, 9.17) is 4.74 Å². The lowest BCUT2D eigenvalue weighted by molar-refractivity contribution is 0.0494. The molecule has 4 heteroatoms. The van der Waals surface area contributed by atoms with Crippen LogP contribution in [0.5, 0.6) is 0 Å². The average molecular weight is 310 g/mol. The number of rotatable bonds is 4. The molecule has 2 N–H and O–H groups in total. The van der Waals surface area contributed by atoms with E-state index in [1.54, 1.807) is 0 Å². The molecule has 0 aromatic rings. The van der Waals surface area contributed by atoms with E-state index in [1.165, 1.54) is 38.5 Å². The summed E-state index contributed by atoms with van der Waals surface area (Å²) < 4.78 is 5.40. The topological polar surface area (TPSA) is 50.4 Å². The van der Waals surface area contributed by atoms with Gasteiger partial charge in [0.05, 0.1) is 0 Å². The van der Waals surface area contributed by atoms with Crippen LogP contribution in [0.15, 0.2) is 0 Å². The summed E-state index contributed by atoms with van der Waals surface area (Å²) in [6.45, 7) is 8.02. The van der Waals surface area contributed by atoms with Gasteiger partial charge in [0.1, 0.15) is 5.60 Å². The van der Waals surface area contributed by atoms with Crippen LogP contribution in [-0.2, 0) is 4.74 Å². The maximum atomic E-state index is 12.0. The normalized spacial score (nSPS) is 32.7. The molecule has 22 heavy (non-hydrogen) atoms. The third kappa shape index (κ3) is 5.15. The van der Waals surface area contributed by atoms with E-state index < -0.39 is 5.60 Å². The molecule has 2 fully saturated rings. The molecule has 0 bridgehead atoms. The van der Waals surface area contributed by atoms with Crippen molar-refractivity contribution in [3.05, 3.63) is 0 Å². The molecule has 0 heterocycles. The SMILES string of the molecule is CCC1CCCCC1NC1CCCC1NC(=O)OC(C)(C)C. The van der Waals surface area contributed by atoms with Gasteiger partial charge in [-0.05, 0) is 58.8 Å². The predicted octanol–water partition coefficient (Wildman–Crippen LogP) is 3.99. The molecule has 0 aliphatic heterocycles. The van der Waals surface area contributed by atoms with Crippen LogP contribution in [0.3, 0.4) is 0 Å². The molecule has 0 radical (unpaired) electrons. The number of carbonyl (C=O) groups is 1. The Morgan fingerprint density at radius 3 is 2.32 bits per heavy atom. The second-order valence-electron chi connectivity index (χ2n) is 8.02. The van der Waals surface area contributed by atoms with Gasteiger partial charge in [0, 0.05) is 18.1 Å². The van der Waals surface area contributed by atoms with E-state index >= 15 is 0 Å². The van der Waals surface area contributed by atoms with E-state index in [0.29, 0.717) is 12.1 Å². The monoisotopic (exact) mass is 310 g/mol. The maximum absolute atomic E-state index is 12.0. The minimum absolute atomic E-state index is 0.217. The second-order valence-corrected chi connectivity index (χ2v) is 8.02. The van der Waals surface area contributed by atoms with Gasteiger partial charge in [-0.2, -0.15) is 0 Å². The van der Waals surface area contributed by atoms with Gasteiger partial charge in [-0.25, -0.2) is 4.79 Å². The molecule has 4 nitrogen and oxygen atoms in total. The van der Waals surface area contributed by atoms with Crippen molar-refractivity contribution in [3.8, 4) is 0 Å². The highest BCUT2D eigenvalue weighted by atomic mass is 16.6. The van der Waals surface area contributed by atoms with Crippen LogP contribution in [0.1, 0.15) is 79.1 Å². The highest BCUT2D eigenvalue weighted by Gasteiger charge is 2.33. The van der Waals surface area contributed by atoms with Gasteiger partial charge < -0.3 is 15.4 Å². The average Bonchev–Trinajstić information content (AvgIpc) is 2.84. The Labute approximate surface area is 135 Å². The molecule has 2 rings (SSSR count). The zero-order valence-corrected chi connectivity index (χ0v) is 14.8. The zero-order valence-electron chi connectivity index (χ0n) is 14.8. The molecular formula is C18H34N2O2. The molecule has 4 unspecified atom stereocenters. The molecule has 1 amide bonds. The third-order valence-electron chi connectivity index (χ3n) is 5.08. The molecule has 0 aromatic heterocycles. The number of nitrogens with one attached hydrogen (secondary N) is 2. The fourth-order valence-electron chi connectivity index (χ4n) is 3.98. The van der Waals surface area contributed by atoms with Crippen LogP contribution < -0.4 is 10.6 Å². The lowest BCUT2D eigenvalue weighted by Gasteiger charge is -2.35. The quantitative estimate of drug-likeness (QED) is 0.825. The minimum Gasteiger partial charge on any atom is -0.444 e. The summed E-state index contributed by atoms with van der Waals surface area (Å²) >= 11 is 0. The summed E-state index contributed by atoms with van der Waals surface area (Å²) in [6, 6.07) is 1.25. The van der Waals surface area contributed by atoms with E-state index in [0.717, 1.165) is 18.8 Å². The van der Waals surface area contributed by atoms with Crippen LogP contribution >= 0.6 is 0 Å². The van der Waals surface area contributed by atoms with Crippen LogP contribution in [0.25, 0.3) is 0 Å². The second kappa shape index (κ2) is 7.67. The number of carbonyl (C=O) groups excluding carboxylic acids is 1. The number of hydrogen-bond donors (Lipinski definition) is 2. The van der Waals surface area contributed by atoms with Crippen molar-refractivity contribution in [2.24, 2.45) is 5.92 Å². The fraction of sp³-hybridized carbons (Fsp3) is 0.944. The lowest BCUT2D eigenvalue weighted by atomic mass is 9.82. The lowest BCUT2D eigenvalue weighted by Crippen LogP contribution is -2.52. The summed E-state index contributed by atoms with van der Waals surface area (Å²) in [5.41, 5.74) is -0.428. The predicted molar refractivity (Wildman–Crippen MR) is 90.0 cm³/mol. The number of hydrogen-bond acceptors (Lipinski definition) is 3. The highest BCUT2D eigenvalue weighted by Crippen LogP contribution is 2.29.